The van der Waals surface area contributed by atoms with Crippen LogP contribution in [0.4, 0.5) is 0 Å². The van der Waals surface area contributed by atoms with Crippen LogP contribution in [0.3, 0.4) is 0 Å². The molecule has 0 atom stereocenters. The van der Waals surface area contributed by atoms with Crippen LogP contribution in [0.15, 0.2) is 94.5 Å². The Morgan fingerprint density at radius 2 is 0.894 bits per heavy atom. The lowest BCUT2D eigenvalue weighted by Gasteiger charge is -2.09. The summed E-state index contributed by atoms with van der Waals surface area (Å²) in [7, 11) is 0. The minimum absolute atomic E-state index is 0. The Morgan fingerprint density at radius 3 is 1.32 bits per heavy atom. The van der Waals surface area contributed by atoms with Gasteiger partial charge in [0, 0.05) is 40.3 Å². The highest BCUT2D eigenvalue weighted by Gasteiger charge is 2.11. The zero-order valence-electron chi connectivity index (χ0n) is 23.4. The van der Waals surface area contributed by atoms with Crippen molar-refractivity contribution in [3.05, 3.63) is 105 Å². The van der Waals surface area contributed by atoms with E-state index in [0.717, 1.165) is 18.8 Å². The predicted octanol–water partition coefficient (Wildman–Crippen LogP) is 8.38. The van der Waals surface area contributed by atoms with Gasteiger partial charge in [0.2, 0.25) is 0 Å². The number of fused-ring (bicyclic) bond motifs is 4. The number of hydrogen-bond acceptors (Lipinski definition) is 10. The van der Waals surface area contributed by atoms with Crippen LogP contribution in [-0.2, 0) is 19.1 Å². The molecule has 0 N–H and O–H groups in total. The molecule has 2 aromatic heterocycles. The molecule has 8 nitrogen and oxygen atoms in total. The average Bonchev–Trinajstić information content (AvgIpc) is 3.05. The molecule has 0 aliphatic carbocycles. The predicted molar refractivity (Wildman–Crippen MR) is 194 cm³/mol. The molecule has 47 heavy (non-hydrogen) atoms. The van der Waals surface area contributed by atoms with E-state index in [1.807, 2.05) is 48.5 Å². The number of benzene rings is 4. The zero-order valence-corrected chi connectivity index (χ0v) is 25.0. The molecule has 2 heterocycles. The quantitative estimate of drug-likeness (QED) is 0.0767. The van der Waals surface area contributed by atoms with Gasteiger partial charge in [-0.2, -0.15) is 0 Å². The summed E-state index contributed by atoms with van der Waals surface area (Å²) in [6.07, 6.45) is 0.992. The summed E-state index contributed by atoms with van der Waals surface area (Å²) in [4.78, 5) is 49.9. The third kappa shape index (κ3) is 8.52. The van der Waals surface area contributed by atoms with Crippen LogP contribution < -0.4 is 20.3 Å². The molecule has 0 saturated carbocycles. The van der Waals surface area contributed by atoms with Crippen molar-refractivity contribution in [1.82, 2.24) is 0 Å². The molecule has 4 aromatic carbocycles. The molecule has 0 unspecified atom stereocenters. The number of rotatable bonds is 11. The molecule has 0 bridgehead atoms. The number of unbranched alkanes of at least 4 members (excludes halogenated alkanes) is 1. The number of esters is 2. The van der Waals surface area contributed by atoms with Crippen molar-refractivity contribution in [2.75, 3.05) is 26.4 Å². The lowest BCUT2D eigenvalue weighted by Crippen LogP contribution is -2.17. The molecular weight excluding hydrogens is 637 g/mol. The van der Waals surface area contributed by atoms with E-state index in [-0.39, 0.29) is 59.6 Å². The fourth-order valence-corrected chi connectivity index (χ4v) is 6.79. The van der Waals surface area contributed by atoms with Crippen LogP contribution in [-0.4, -0.2) is 38.4 Å². The van der Waals surface area contributed by atoms with E-state index in [9.17, 15) is 19.2 Å². The number of hydrogen-bond donors (Lipinski definition) is 0. The van der Waals surface area contributed by atoms with Gasteiger partial charge in [-0.15, -0.1) is 22.7 Å². The van der Waals surface area contributed by atoms with Crippen molar-refractivity contribution in [1.29, 1.82) is 0 Å². The monoisotopic (exact) mass is 674 g/mol. The first-order chi connectivity index (χ1) is 21.5. The van der Waals surface area contributed by atoms with Crippen LogP contribution >= 0.6 is 22.7 Å². The summed E-state index contributed by atoms with van der Waals surface area (Å²) < 4.78 is 25.0. The molecule has 246 valence electrons. The van der Waals surface area contributed by atoms with Gasteiger partial charge in [-0.3, -0.25) is 9.59 Å². The Kier molecular flexibility index (Phi) is 13.0. The van der Waals surface area contributed by atoms with Gasteiger partial charge in [-0.25, -0.2) is 9.59 Å². The van der Waals surface area contributed by atoms with Crippen molar-refractivity contribution in [3.8, 4) is 11.5 Å². The first-order valence-corrected chi connectivity index (χ1v) is 15.6. The molecule has 0 amide bonds. The van der Waals surface area contributed by atoms with E-state index >= 15 is 0 Å². The minimum Gasteiger partial charge on any atom is -0.482 e. The summed E-state index contributed by atoms with van der Waals surface area (Å²) in [6.45, 7) is -0.279. The second kappa shape index (κ2) is 16.7. The van der Waals surface area contributed by atoms with Gasteiger partial charge in [-0.1, -0.05) is 46.5 Å². The Hall–Kier alpha value is -4.80. The van der Waals surface area contributed by atoms with Crippen molar-refractivity contribution >= 4 is 75.0 Å². The van der Waals surface area contributed by atoms with E-state index < -0.39 is 11.9 Å². The number of ether oxygens (including phenoxy) is 4. The normalized spacial score (nSPS) is 10.5. The van der Waals surface area contributed by atoms with Gasteiger partial charge in [0.1, 0.15) is 11.5 Å². The van der Waals surface area contributed by atoms with Crippen molar-refractivity contribution in [2.24, 2.45) is 0 Å². The third-order valence-electron chi connectivity index (χ3n) is 6.87. The van der Waals surface area contributed by atoms with Crippen LogP contribution in [0.25, 0.3) is 40.3 Å². The highest BCUT2D eigenvalue weighted by atomic mass is 32.1. The van der Waals surface area contributed by atoms with Gasteiger partial charge < -0.3 is 18.9 Å². The zero-order chi connectivity index (χ0) is 30.5. The van der Waals surface area contributed by atoms with E-state index in [4.69, 9.17) is 18.9 Å². The lowest BCUT2D eigenvalue weighted by atomic mass is 10.2. The van der Waals surface area contributed by atoms with Crippen molar-refractivity contribution in [3.63, 3.8) is 0 Å². The van der Waals surface area contributed by atoms with Crippen LogP contribution in [0.5, 0.6) is 11.5 Å². The van der Waals surface area contributed by atoms with E-state index in [2.05, 4.69) is 0 Å². The fourth-order valence-electron chi connectivity index (χ4n) is 4.69. The van der Waals surface area contributed by atoms with Gasteiger partial charge in [0.25, 0.3) is 0 Å². The highest BCUT2D eigenvalue weighted by molar-refractivity contribution is 7.24. The number of carbonyl (C=O) groups is 2. The van der Waals surface area contributed by atoms with E-state index in [0.29, 0.717) is 45.9 Å². The first kappa shape index (κ1) is 36.7. The largest absolute Gasteiger partial charge is 0.482 e. The first-order valence-electron chi connectivity index (χ1n) is 13.9. The van der Waals surface area contributed by atoms with Crippen LogP contribution in [0.1, 0.15) is 35.1 Å². The Labute approximate surface area is 281 Å². The Bertz CT molecular complexity index is 1980. The van der Waals surface area contributed by atoms with Crippen LogP contribution in [0.2, 0.25) is 0 Å². The highest BCUT2D eigenvalue weighted by Crippen LogP contribution is 2.28. The SMILES string of the molecule is C.C.C.O=C(COc1ccc2sc3ccccc3c(=O)c2c1)OCCCCOC(=O)COc1ccc2sc3ccccc3c(=O)c2c1. The summed E-state index contributed by atoms with van der Waals surface area (Å²) in [6, 6.07) is 25.3. The molecule has 0 aliphatic heterocycles. The van der Waals surface area contributed by atoms with E-state index in [1.54, 1.807) is 36.4 Å². The maximum absolute atomic E-state index is 12.9. The molecule has 6 aromatic rings. The van der Waals surface area contributed by atoms with Crippen LogP contribution in [0, 0.1) is 0 Å². The standard InChI is InChI=1S/C34H26O8S2.3CH4/c35-31(19-41-21-11-13-29-25(17-21)33(37)23-7-1-3-9-27(23)43-29)39-15-5-6-16-40-32(36)20-42-22-12-14-30-26(18-22)34(38)24-8-2-4-10-28(24)44-30;;;/h1-4,7-14,17-18H,5-6,15-16,19-20H2;3*1H4. The number of carbonyl (C=O) groups excluding carboxylic acids is 2. The van der Waals surface area contributed by atoms with Gasteiger partial charge >= 0.3 is 11.9 Å². The lowest BCUT2D eigenvalue weighted by molar-refractivity contribution is -0.148. The minimum atomic E-state index is -0.537. The van der Waals surface area contributed by atoms with Gasteiger partial charge in [-0.05, 0) is 73.5 Å². The molecular formula is C37H38O8S2. The second-order valence-electron chi connectivity index (χ2n) is 9.90. The smallest absolute Gasteiger partial charge is 0.344 e. The van der Waals surface area contributed by atoms with Crippen molar-refractivity contribution < 1.29 is 28.5 Å². The average molecular weight is 675 g/mol. The molecule has 6 rings (SSSR count). The Morgan fingerprint density at radius 1 is 0.511 bits per heavy atom. The molecule has 0 saturated heterocycles. The molecule has 0 spiro atoms. The maximum Gasteiger partial charge on any atom is 0.344 e. The second-order valence-corrected chi connectivity index (χ2v) is 12.1. The summed E-state index contributed by atoms with van der Waals surface area (Å²) in [5.74, 6) is -0.252. The summed E-state index contributed by atoms with van der Waals surface area (Å²) in [5.41, 5.74) is -0.147. The molecule has 10 heteroatoms. The Balaban J connectivity index is 0.00000200. The topological polar surface area (TPSA) is 105 Å². The third-order valence-corrected chi connectivity index (χ3v) is 9.18. The summed E-state index contributed by atoms with van der Waals surface area (Å²) >= 11 is 3.05. The summed E-state index contributed by atoms with van der Waals surface area (Å²) in [5, 5.41) is 2.39. The maximum atomic E-state index is 12.9. The van der Waals surface area contributed by atoms with Crippen molar-refractivity contribution in [2.45, 2.75) is 35.1 Å². The molecule has 0 fully saturated rings. The molecule has 0 radical (unpaired) electrons. The van der Waals surface area contributed by atoms with Gasteiger partial charge in [0.15, 0.2) is 24.1 Å². The van der Waals surface area contributed by atoms with E-state index in [1.165, 1.54) is 22.7 Å². The van der Waals surface area contributed by atoms with Gasteiger partial charge in [0.05, 0.1) is 13.2 Å². The fraction of sp³-hybridized carbons (Fsp3) is 0.243. The molecule has 0 aliphatic rings.